The summed E-state index contributed by atoms with van der Waals surface area (Å²) in [5, 5.41) is 13.4. The van der Waals surface area contributed by atoms with Crippen molar-refractivity contribution in [3.05, 3.63) is 63.8 Å². The van der Waals surface area contributed by atoms with Gasteiger partial charge < -0.3 is 34.0 Å². The SMILES string of the molecule is CO[C@H]1CN([C@H]2C[C@@H](CO[C@H]3CC[C@H](C(=O)O)CC3)N(C(=O)Cc3cc(Cl)c(NC(=O)c4coc5ccccc45)cc3Cl)C2)C[C@H]1OC. The lowest BCUT2D eigenvalue weighted by Gasteiger charge is -2.30. The van der Waals surface area contributed by atoms with Crippen molar-refractivity contribution in [3.8, 4) is 0 Å². The third-order valence-corrected chi connectivity index (χ3v) is 10.7. The Morgan fingerprint density at radius 1 is 0.979 bits per heavy atom. The molecule has 2 N–H and O–H groups in total. The number of carboxylic acid groups (broad SMARTS) is 1. The summed E-state index contributed by atoms with van der Waals surface area (Å²) in [7, 11) is 3.37. The number of furan rings is 1. The van der Waals surface area contributed by atoms with E-state index in [0.29, 0.717) is 84.7 Å². The van der Waals surface area contributed by atoms with Gasteiger partial charge in [0.1, 0.15) is 11.8 Å². The number of rotatable bonds is 11. The predicted molar refractivity (Wildman–Crippen MR) is 181 cm³/mol. The Hall–Kier alpha value is -3.19. The minimum atomic E-state index is -0.751. The summed E-state index contributed by atoms with van der Waals surface area (Å²) in [6.07, 6.45) is 4.58. The molecule has 48 heavy (non-hydrogen) atoms. The van der Waals surface area contributed by atoms with Gasteiger partial charge in [0.2, 0.25) is 5.91 Å². The number of nitrogens with zero attached hydrogens (tertiary/aromatic N) is 2. The number of carboxylic acids is 1. The monoisotopic (exact) mass is 701 g/mol. The van der Waals surface area contributed by atoms with E-state index in [4.69, 9.17) is 41.8 Å². The molecule has 3 heterocycles. The maximum absolute atomic E-state index is 14.0. The summed E-state index contributed by atoms with van der Waals surface area (Å²) in [5.41, 5.74) is 1.84. The van der Waals surface area contributed by atoms with Crippen LogP contribution in [0.1, 0.15) is 48.0 Å². The van der Waals surface area contributed by atoms with Crippen LogP contribution in [-0.2, 0) is 30.2 Å². The van der Waals surface area contributed by atoms with Crippen molar-refractivity contribution in [2.45, 2.75) is 68.9 Å². The van der Waals surface area contributed by atoms with Crippen molar-refractivity contribution in [1.82, 2.24) is 9.80 Å². The predicted octanol–water partition coefficient (Wildman–Crippen LogP) is 5.51. The van der Waals surface area contributed by atoms with Crippen LogP contribution in [-0.4, -0.2) is 104 Å². The molecule has 3 fully saturated rings. The Morgan fingerprint density at radius 2 is 1.69 bits per heavy atom. The van der Waals surface area contributed by atoms with Crippen LogP contribution in [0.5, 0.6) is 0 Å². The highest BCUT2D eigenvalue weighted by Gasteiger charge is 2.43. The summed E-state index contributed by atoms with van der Waals surface area (Å²) < 4.78 is 23.2. The first-order valence-corrected chi connectivity index (χ1v) is 17.1. The van der Waals surface area contributed by atoms with Crippen molar-refractivity contribution in [2.24, 2.45) is 5.92 Å². The van der Waals surface area contributed by atoms with Crippen LogP contribution in [0.2, 0.25) is 10.0 Å². The Kier molecular flexibility index (Phi) is 10.9. The molecule has 2 aromatic carbocycles. The van der Waals surface area contributed by atoms with Gasteiger partial charge >= 0.3 is 5.97 Å². The smallest absolute Gasteiger partial charge is 0.306 e. The second-order valence-corrected chi connectivity index (χ2v) is 13.8. The highest BCUT2D eigenvalue weighted by atomic mass is 35.5. The van der Waals surface area contributed by atoms with Crippen LogP contribution in [0.15, 0.2) is 47.1 Å². The fourth-order valence-electron chi connectivity index (χ4n) is 7.29. The number of benzene rings is 2. The third kappa shape index (κ3) is 7.51. The van der Waals surface area contributed by atoms with Gasteiger partial charge in [0, 0.05) is 50.3 Å². The summed E-state index contributed by atoms with van der Waals surface area (Å²) in [4.78, 5) is 42.6. The van der Waals surface area contributed by atoms with Gasteiger partial charge in [-0.15, -0.1) is 0 Å². The number of anilines is 1. The van der Waals surface area contributed by atoms with E-state index >= 15 is 0 Å². The average molecular weight is 703 g/mol. The molecule has 1 aliphatic carbocycles. The van der Waals surface area contributed by atoms with Gasteiger partial charge in [-0.05, 0) is 55.9 Å². The maximum atomic E-state index is 14.0. The number of carbonyl (C=O) groups is 3. The lowest BCUT2D eigenvalue weighted by molar-refractivity contribution is -0.144. The zero-order valence-electron chi connectivity index (χ0n) is 27.0. The normalized spacial score (nSPS) is 26.3. The quantitative estimate of drug-likeness (QED) is 0.266. The van der Waals surface area contributed by atoms with E-state index in [1.165, 1.54) is 6.26 Å². The molecular formula is C35H41Cl2N3O8. The molecule has 13 heteroatoms. The molecular weight excluding hydrogens is 661 g/mol. The van der Waals surface area contributed by atoms with Gasteiger partial charge in [-0.1, -0.05) is 41.4 Å². The number of ether oxygens (including phenoxy) is 3. The molecule has 0 unspecified atom stereocenters. The lowest BCUT2D eigenvalue weighted by atomic mass is 9.87. The Balaban J connectivity index is 1.14. The number of fused-ring (bicyclic) bond motifs is 1. The number of hydrogen-bond acceptors (Lipinski definition) is 8. The molecule has 3 aromatic rings. The summed E-state index contributed by atoms with van der Waals surface area (Å²) >= 11 is 13.3. The molecule has 1 aromatic heterocycles. The molecule has 1 saturated carbocycles. The fourth-order valence-corrected chi connectivity index (χ4v) is 7.76. The average Bonchev–Trinajstić information content (AvgIpc) is 3.83. The first kappa shape index (κ1) is 34.7. The molecule has 2 amide bonds. The third-order valence-electron chi connectivity index (χ3n) is 10.1. The van der Waals surface area contributed by atoms with E-state index in [1.807, 2.05) is 17.0 Å². The first-order chi connectivity index (χ1) is 23.1. The van der Waals surface area contributed by atoms with E-state index in [0.717, 1.165) is 6.42 Å². The number of likely N-dealkylation sites (tertiary alicyclic amines) is 2. The van der Waals surface area contributed by atoms with Crippen LogP contribution in [0.25, 0.3) is 11.0 Å². The highest BCUT2D eigenvalue weighted by Crippen LogP contribution is 2.34. The van der Waals surface area contributed by atoms with Crippen LogP contribution in [0.3, 0.4) is 0 Å². The van der Waals surface area contributed by atoms with Gasteiger partial charge in [-0.25, -0.2) is 0 Å². The molecule has 2 saturated heterocycles. The second kappa shape index (κ2) is 15.1. The van der Waals surface area contributed by atoms with Gasteiger partial charge in [-0.2, -0.15) is 0 Å². The number of hydrogen-bond donors (Lipinski definition) is 2. The Bertz CT molecular complexity index is 1630. The molecule has 2 aliphatic heterocycles. The number of carbonyl (C=O) groups excluding carboxylic acids is 2. The number of para-hydroxylation sites is 1. The van der Waals surface area contributed by atoms with Crippen molar-refractivity contribution in [3.63, 3.8) is 0 Å². The van der Waals surface area contributed by atoms with Crippen molar-refractivity contribution in [1.29, 1.82) is 0 Å². The largest absolute Gasteiger partial charge is 0.481 e. The molecule has 0 radical (unpaired) electrons. The van der Waals surface area contributed by atoms with E-state index in [1.54, 1.807) is 38.5 Å². The number of nitrogens with one attached hydrogen (secondary N) is 1. The van der Waals surface area contributed by atoms with Crippen LogP contribution < -0.4 is 5.32 Å². The summed E-state index contributed by atoms with van der Waals surface area (Å²) in [6, 6.07) is 10.4. The molecule has 0 bridgehead atoms. The lowest BCUT2D eigenvalue weighted by Crippen LogP contribution is -2.41. The molecule has 11 nitrogen and oxygen atoms in total. The Morgan fingerprint density at radius 3 is 2.38 bits per heavy atom. The zero-order valence-corrected chi connectivity index (χ0v) is 28.5. The first-order valence-electron chi connectivity index (χ1n) is 16.3. The molecule has 258 valence electrons. The van der Waals surface area contributed by atoms with E-state index in [2.05, 4.69) is 10.2 Å². The summed E-state index contributed by atoms with van der Waals surface area (Å²) in [5.74, 6) is -1.57. The number of halogens is 2. The van der Waals surface area contributed by atoms with Gasteiger partial charge in [0.05, 0.1) is 59.6 Å². The maximum Gasteiger partial charge on any atom is 0.306 e. The van der Waals surface area contributed by atoms with Crippen LogP contribution >= 0.6 is 23.2 Å². The minimum Gasteiger partial charge on any atom is -0.481 e. The highest BCUT2D eigenvalue weighted by molar-refractivity contribution is 6.36. The number of aliphatic carboxylic acids is 1. The van der Waals surface area contributed by atoms with E-state index in [-0.39, 0.29) is 53.7 Å². The molecule has 0 spiro atoms. The van der Waals surface area contributed by atoms with Gasteiger partial charge in [0.25, 0.3) is 5.91 Å². The molecule has 3 aliphatic rings. The number of amides is 2. The number of methoxy groups -OCH3 is 2. The van der Waals surface area contributed by atoms with E-state index in [9.17, 15) is 19.5 Å². The zero-order chi connectivity index (χ0) is 33.9. The molecule has 4 atom stereocenters. The fraction of sp³-hybridized carbons (Fsp3) is 0.514. The van der Waals surface area contributed by atoms with E-state index < -0.39 is 11.9 Å². The topological polar surface area (TPSA) is 131 Å². The van der Waals surface area contributed by atoms with Crippen molar-refractivity contribution >= 4 is 57.6 Å². The van der Waals surface area contributed by atoms with Crippen molar-refractivity contribution in [2.75, 3.05) is 45.8 Å². The van der Waals surface area contributed by atoms with Crippen molar-refractivity contribution < 1.29 is 38.1 Å². The second-order valence-electron chi connectivity index (χ2n) is 12.9. The van der Waals surface area contributed by atoms with Crippen LogP contribution in [0.4, 0.5) is 5.69 Å². The standard InChI is InChI=1S/C35H41Cl2N3O8/c1-45-31-16-39(17-32(31)46-2)22-13-23(18-47-24-9-7-20(8-10-24)35(43)44)40(15-22)33(41)12-21-11-28(37)29(14-27(21)36)38-34(42)26-19-48-30-6-4-3-5-25(26)30/h3-6,11,14,19-20,22-24,31-32H,7-10,12-13,15-18H2,1-2H3,(H,38,42)(H,43,44)/t20-,22-,23-,24-,31-,32+/m0/s1. The van der Waals surface area contributed by atoms with Crippen LogP contribution in [0, 0.1) is 5.92 Å². The molecule has 6 rings (SSSR count). The minimum absolute atomic E-state index is 0.0213. The Labute approximate surface area is 289 Å². The van der Waals surface area contributed by atoms with Gasteiger partial charge in [0.15, 0.2) is 0 Å². The summed E-state index contributed by atoms with van der Waals surface area (Å²) in [6.45, 7) is 2.29. The van der Waals surface area contributed by atoms with Gasteiger partial charge in [-0.3, -0.25) is 19.3 Å².